The molecular weight excluding hydrogens is 353 g/mol. The lowest BCUT2D eigenvalue weighted by molar-refractivity contribution is 0.0395. The molecule has 0 N–H and O–H groups in total. The molecule has 1 aliphatic heterocycles. The molecule has 1 unspecified atom stereocenters. The number of benzene rings is 2. The van der Waals surface area contributed by atoms with Crippen LogP contribution in [0.3, 0.4) is 0 Å². The highest BCUT2D eigenvalue weighted by atomic mass is 35.5. The number of nitrogens with zero attached hydrogens (tertiary/aromatic N) is 3. The minimum absolute atomic E-state index is 0.101. The van der Waals surface area contributed by atoms with Gasteiger partial charge in [-0.2, -0.15) is 0 Å². The number of aromatic nitrogens is 2. The number of anilines is 1. The molecule has 132 valence electrons. The van der Waals surface area contributed by atoms with Crippen molar-refractivity contribution in [2.24, 2.45) is 0 Å². The summed E-state index contributed by atoms with van der Waals surface area (Å²) in [7, 11) is 0. The summed E-state index contributed by atoms with van der Waals surface area (Å²) in [6, 6.07) is 17.8. The Hall–Kier alpha value is -2.50. The molecule has 4 nitrogen and oxygen atoms in total. The van der Waals surface area contributed by atoms with Crippen molar-refractivity contribution in [1.29, 1.82) is 0 Å². The fourth-order valence-electron chi connectivity index (χ4n) is 3.05. The first-order valence-corrected chi connectivity index (χ1v) is 8.79. The van der Waals surface area contributed by atoms with E-state index in [0.717, 1.165) is 23.5 Å². The molecule has 0 saturated carbocycles. The first-order chi connectivity index (χ1) is 12.7. The molecule has 4 rings (SSSR count). The van der Waals surface area contributed by atoms with Gasteiger partial charge in [-0.15, -0.1) is 10.2 Å². The van der Waals surface area contributed by atoms with Crippen LogP contribution in [0.25, 0.3) is 11.3 Å². The SMILES string of the molecule is Fc1ccc(-c2ccc(N3CCOC(c4ccccc4Cl)C3)nn2)cc1. The van der Waals surface area contributed by atoms with Gasteiger partial charge in [-0.05, 0) is 42.5 Å². The first kappa shape index (κ1) is 16.9. The Morgan fingerprint density at radius 2 is 1.81 bits per heavy atom. The zero-order chi connectivity index (χ0) is 17.9. The van der Waals surface area contributed by atoms with Crippen molar-refractivity contribution in [3.8, 4) is 11.3 Å². The van der Waals surface area contributed by atoms with Gasteiger partial charge in [-0.25, -0.2) is 4.39 Å². The summed E-state index contributed by atoms with van der Waals surface area (Å²) in [6.07, 6.45) is -0.101. The van der Waals surface area contributed by atoms with Gasteiger partial charge in [0.15, 0.2) is 5.82 Å². The van der Waals surface area contributed by atoms with Gasteiger partial charge in [-0.3, -0.25) is 0 Å². The Labute approximate surface area is 156 Å². The zero-order valence-electron chi connectivity index (χ0n) is 14.0. The van der Waals surface area contributed by atoms with E-state index < -0.39 is 0 Å². The average Bonchev–Trinajstić information content (AvgIpc) is 2.69. The lowest BCUT2D eigenvalue weighted by Gasteiger charge is -2.34. The van der Waals surface area contributed by atoms with Gasteiger partial charge in [-0.1, -0.05) is 29.8 Å². The number of halogens is 2. The molecule has 0 bridgehead atoms. The lowest BCUT2D eigenvalue weighted by Crippen LogP contribution is -2.39. The van der Waals surface area contributed by atoms with E-state index in [2.05, 4.69) is 15.1 Å². The fourth-order valence-corrected chi connectivity index (χ4v) is 3.31. The van der Waals surface area contributed by atoms with Gasteiger partial charge in [0.1, 0.15) is 11.9 Å². The predicted octanol–water partition coefficient (Wildman–Crippen LogP) is 4.51. The highest BCUT2D eigenvalue weighted by Crippen LogP contribution is 2.30. The summed E-state index contributed by atoms with van der Waals surface area (Å²) in [4.78, 5) is 2.14. The average molecular weight is 370 g/mol. The van der Waals surface area contributed by atoms with Crippen molar-refractivity contribution in [3.05, 3.63) is 77.1 Å². The van der Waals surface area contributed by atoms with Crippen LogP contribution in [-0.4, -0.2) is 29.9 Å². The van der Waals surface area contributed by atoms with E-state index in [0.29, 0.717) is 23.9 Å². The van der Waals surface area contributed by atoms with Crippen LogP contribution in [0.1, 0.15) is 11.7 Å². The molecule has 6 heteroatoms. The molecule has 0 aliphatic carbocycles. The Balaban J connectivity index is 1.52. The summed E-state index contributed by atoms with van der Waals surface area (Å²) in [6.45, 7) is 2.00. The van der Waals surface area contributed by atoms with Crippen LogP contribution in [0.15, 0.2) is 60.7 Å². The third-order valence-corrected chi connectivity index (χ3v) is 4.78. The largest absolute Gasteiger partial charge is 0.370 e. The number of rotatable bonds is 3. The van der Waals surface area contributed by atoms with Crippen LogP contribution < -0.4 is 4.90 Å². The second-order valence-electron chi connectivity index (χ2n) is 6.11. The van der Waals surface area contributed by atoms with Gasteiger partial charge in [0.25, 0.3) is 0 Å². The molecule has 2 aromatic carbocycles. The Morgan fingerprint density at radius 1 is 1.00 bits per heavy atom. The van der Waals surface area contributed by atoms with E-state index in [1.807, 2.05) is 36.4 Å². The van der Waals surface area contributed by atoms with E-state index >= 15 is 0 Å². The van der Waals surface area contributed by atoms with Crippen LogP contribution in [0.5, 0.6) is 0 Å². The predicted molar refractivity (Wildman–Crippen MR) is 99.8 cm³/mol. The van der Waals surface area contributed by atoms with Crippen LogP contribution in [-0.2, 0) is 4.74 Å². The molecule has 1 saturated heterocycles. The highest BCUT2D eigenvalue weighted by molar-refractivity contribution is 6.31. The van der Waals surface area contributed by atoms with Crippen molar-refractivity contribution >= 4 is 17.4 Å². The van der Waals surface area contributed by atoms with E-state index in [1.54, 1.807) is 12.1 Å². The molecule has 26 heavy (non-hydrogen) atoms. The lowest BCUT2D eigenvalue weighted by atomic mass is 10.1. The third kappa shape index (κ3) is 3.54. The number of hydrogen-bond acceptors (Lipinski definition) is 4. The van der Waals surface area contributed by atoms with Crippen LogP contribution >= 0.6 is 11.6 Å². The fraction of sp³-hybridized carbons (Fsp3) is 0.200. The standard InChI is InChI=1S/C20H17ClFN3O/c21-17-4-2-1-3-16(17)19-13-25(11-12-26-19)20-10-9-18(23-24-20)14-5-7-15(22)8-6-14/h1-10,19H,11-13H2. The number of hydrogen-bond donors (Lipinski definition) is 0. The molecule has 0 radical (unpaired) electrons. The zero-order valence-corrected chi connectivity index (χ0v) is 14.7. The number of ether oxygens (including phenoxy) is 1. The Bertz CT molecular complexity index is 886. The summed E-state index contributed by atoms with van der Waals surface area (Å²) >= 11 is 6.30. The van der Waals surface area contributed by atoms with Crippen LogP contribution in [0.2, 0.25) is 5.02 Å². The minimum Gasteiger partial charge on any atom is -0.370 e. The van der Waals surface area contributed by atoms with Crippen molar-refractivity contribution in [2.75, 3.05) is 24.6 Å². The maximum Gasteiger partial charge on any atom is 0.151 e. The molecule has 2 heterocycles. The molecule has 0 amide bonds. The Morgan fingerprint density at radius 3 is 2.54 bits per heavy atom. The van der Waals surface area contributed by atoms with Gasteiger partial charge < -0.3 is 9.64 Å². The van der Waals surface area contributed by atoms with Crippen molar-refractivity contribution in [2.45, 2.75) is 6.10 Å². The van der Waals surface area contributed by atoms with E-state index in [-0.39, 0.29) is 11.9 Å². The second kappa shape index (κ2) is 7.40. The number of morpholine rings is 1. The molecule has 1 aromatic heterocycles. The van der Waals surface area contributed by atoms with E-state index in [4.69, 9.17) is 16.3 Å². The highest BCUT2D eigenvalue weighted by Gasteiger charge is 2.24. The van der Waals surface area contributed by atoms with Crippen molar-refractivity contribution in [3.63, 3.8) is 0 Å². The molecule has 1 aliphatic rings. The molecule has 1 atom stereocenters. The summed E-state index contributed by atoms with van der Waals surface area (Å²) in [5.74, 6) is 0.522. The van der Waals surface area contributed by atoms with Crippen molar-refractivity contribution < 1.29 is 9.13 Å². The van der Waals surface area contributed by atoms with E-state index in [9.17, 15) is 4.39 Å². The van der Waals surface area contributed by atoms with Gasteiger partial charge >= 0.3 is 0 Å². The first-order valence-electron chi connectivity index (χ1n) is 8.41. The second-order valence-corrected chi connectivity index (χ2v) is 6.52. The van der Waals surface area contributed by atoms with Crippen LogP contribution in [0.4, 0.5) is 10.2 Å². The monoisotopic (exact) mass is 369 g/mol. The molecule has 3 aromatic rings. The summed E-state index contributed by atoms with van der Waals surface area (Å²) < 4.78 is 18.9. The van der Waals surface area contributed by atoms with Crippen molar-refractivity contribution in [1.82, 2.24) is 10.2 Å². The maximum atomic E-state index is 13.1. The Kier molecular flexibility index (Phi) is 4.82. The topological polar surface area (TPSA) is 38.2 Å². The smallest absolute Gasteiger partial charge is 0.151 e. The molecule has 1 fully saturated rings. The quantitative estimate of drug-likeness (QED) is 0.680. The maximum absolute atomic E-state index is 13.1. The third-order valence-electron chi connectivity index (χ3n) is 4.43. The normalized spacial score (nSPS) is 17.3. The minimum atomic E-state index is -0.266. The van der Waals surface area contributed by atoms with Crippen LogP contribution in [0, 0.1) is 5.82 Å². The molecule has 0 spiro atoms. The van der Waals surface area contributed by atoms with Gasteiger partial charge in [0.2, 0.25) is 0 Å². The summed E-state index contributed by atoms with van der Waals surface area (Å²) in [5, 5.41) is 9.34. The van der Waals surface area contributed by atoms with E-state index in [1.165, 1.54) is 12.1 Å². The summed E-state index contributed by atoms with van der Waals surface area (Å²) in [5.41, 5.74) is 2.53. The van der Waals surface area contributed by atoms with Gasteiger partial charge in [0.05, 0.1) is 12.3 Å². The van der Waals surface area contributed by atoms with Gasteiger partial charge in [0, 0.05) is 29.2 Å². The molecular formula is C20H17ClFN3O.